The van der Waals surface area contributed by atoms with Crippen LogP contribution in [0.1, 0.15) is 23.7 Å². The summed E-state index contributed by atoms with van der Waals surface area (Å²) >= 11 is 0. The molecule has 1 fully saturated rings. The van der Waals surface area contributed by atoms with E-state index in [0.717, 1.165) is 35.1 Å². The molecule has 3 aromatic rings. The minimum Gasteiger partial charge on any atom is -0.338 e. The minimum absolute atomic E-state index is 0.00464. The van der Waals surface area contributed by atoms with Crippen molar-refractivity contribution in [1.82, 2.24) is 14.9 Å². The molecule has 1 unspecified atom stereocenters. The Kier molecular flexibility index (Phi) is 4.17. The maximum Gasteiger partial charge on any atom is 0.254 e. The smallest absolute Gasteiger partial charge is 0.254 e. The summed E-state index contributed by atoms with van der Waals surface area (Å²) in [6.07, 6.45) is 4.44. The lowest BCUT2D eigenvalue weighted by molar-refractivity contribution is 0.0779. The van der Waals surface area contributed by atoms with E-state index in [0.29, 0.717) is 18.7 Å². The van der Waals surface area contributed by atoms with Crippen molar-refractivity contribution in [2.45, 2.75) is 13.3 Å². The fourth-order valence-corrected chi connectivity index (χ4v) is 3.55. The van der Waals surface area contributed by atoms with Gasteiger partial charge in [0, 0.05) is 36.4 Å². The monoisotopic (exact) mass is 346 g/mol. The SMILES string of the molecule is CC1(CN)CCN(C(=O)c2cc(-c3cccnc3)nc3ccccc23)C1. The van der Waals surface area contributed by atoms with E-state index in [4.69, 9.17) is 10.7 Å². The van der Waals surface area contributed by atoms with Gasteiger partial charge in [0.1, 0.15) is 0 Å². The topological polar surface area (TPSA) is 72.1 Å². The van der Waals surface area contributed by atoms with Crippen molar-refractivity contribution in [3.05, 3.63) is 60.4 Å². The Morgan fingerprint density at radius 3 is 2.85 bits per heavy atom. The van der Waals surface area contributed by atoms with E-state index in [9.17, 15) is 4.79 Å². The number of carbonyl (C=O) groups is 1. The van der Waals surface area contributed by atoms with E-state index in [2.05, 4.69) is 11.9 Å². The van der Waals surface area contributed by atoms with Crippen LogP contribution in [0.5, 0.6) is 0 Å². The van der Waals surface area contributed by atoms with Crippen LogP contribution in [-0.2, 0) is 0 Å². The number of carbonyl (C=O) groups excluding carboxylic acids is 1. The van der Waals surface area contributed by atoms with Crippen molar-refractivity contribution in [3.63, 3.8) is 0 Å². The molecule has 1 aliphatic rings. The molecule has 1 saturated heterocycles. The average Bonchev–Trinajstić information content (AvgIpc) is 3.10. The molecule has 5 heteroatoms. The van der Waals surface area contributed by atoms with E-state index in [1.165, 1.54) is 0 Å². The molecule has 1 amide bonds. The first kappa shape index (κ1) is 16.7. The third-order valence-corrected chi connectivity index (χ3v) is 5.24. The number of amides is 1. The molecule has 4 rings (SSSR count). The van der Waals surface area contributed by atoms with Crippen molar-refractivity contribution in [1.29, 1.82) is 0 Å². The van der Waals surface area contributed by atoms with Gasteiger partial charge in [0.2, 0.25) is 0 Å². The van der Waals surface area contributed by atoms with Crippen LogP contribution in [0.4, 0.5) is 0 Å². The van der Waals surface area contributed by atoms with Crippen molar-refractivity contribution < 1.29 is 4.79 Å². The van der Waals surface area contributed by atoms with Crippen molar-refractivity contribution in [2.75, 3.05) is 19.6 Å². The standard InChI is InChI=1S/C21H22N4O/c1-21(13-22)8-10-25(14-21)20(26)17-11-19(15-5-4-9-23-12-15)24-18-7-3-2-6-16(17)18/h2-7,9,11-12H,8,10,13-14,22H2,1H3. The predicted molar refractivity (Wildman–Crippen MR) is 103 cm³/mol. The molecule has 0 aliphatic carbocycles. The van der Waals surface area contributed by atoms with Crippen LogP contribution in [0.15, 0.2) is 54.9 Å². The summed E-state index contributed by atoms with van der Waals surface area (Å²) < 4.78 is 0. The third-order valence-electron chi connectivity index (χ3n) is 5.24. The van der Waals surface area contributed by atoms with Crippen LogP contribution in [0.2, 0.25) is 0 Å². The van der Waals surface area contributed by atoms with Gasteiger partial charge in [-0.05, 0) is 42.6 Å². The van der Waals surface area contributed by atoms with Crippen LogP contribution >= 0.6 is 0 Å². The van der Waals surface area contributed by atoms with Gasteiger partial charge in [-0.2, -0.15) is 0 Å². The predicted octanol–water partition coefficient (Wildman–Crippen LogP) is 3.11. The van der Waals surface area contributed by atoms with Gasteiger partial charge in [-0.15, -0.1) is 0 Å². The summed E-state index contributed by atoms with van der Waals surface area (Å²) in [5.41, 5.74) is 9.09. The number of likely N-dealkylation sites (tertiary alicyclic amines) is 1. The van der Waals surface area contributed by atoms with E-state index >= 15 is 0 Å². The molecule has 2 N–H and O–H groups in total. The summed E-state index contributed by atoms with van der Waals surface area (Å²) in [5.74, 6) is 0.0471. The third kappa shape index (κ3) is 2.95. The molecule has 1 aromatic carbocycles. The van der Waals surface area contributed by atoms with Gasteiger partial charge < -0.3 is 10.6 Å². The summed E-state index contributed by atoms with van der Waals surface area (Å²) in [7, 11) is 0. The fraction of sp³-hybridized carbons (Fsp3) is 0.286. The van der Waals surface area contributed by atoms with Crippen molar-refractivity contribution >= 4 is 16.8 Å². The Bertz CT molecular complexity index is 957. The zero-order chi connectivity index (χ0) is 18.1. The second-order valence-corrected chi connectivity index (χ2v) is 7.31. The highest BCUT2D eigenvalue weighted by Gasteiger charge is 2.35. The Hall–Kier alpha value is -2.79. The van der Waals surface area contributed by atoms with Gasteiger partial charge in [-0.25, -0.2) is 4.98 Å². The molecule has 132 valence electrons. The van der Waals surface area contributed by atoms with Crippen molar-refractivity contribution in [3.8, 4) is 11.3 Å². The molecule has 1 aliphatic heterocycles. The molecule has 2 aromatic heterocycles. The first-order valence-corrected chi connectivity index (χ1v) is 8.89. The lowest BCUT2D eigenvalue weighted by Crippen LogP contribution is -2.34. The summed E-state index contributed by atoms with van der Waals surface area (Å²) in [4.78, 5) is 24.1. The summed E-state index contributed by atoms with van der Waals surface area (Å²) in [6.45, 7) is 4.17. The number of hydrogen-bond acceptors (Lipinski definition) is 4. The maximum absolute atomic E-state index is 13.3. The number of nitrogens with zero attached hydrogens (tertiary/aromatic N) is 3. The quantitative estimate of drug-likeness (QED) is 0.791. The van der Waals surface area contributed by atoms with Gasteiger partial charge >= 0.3 is 0 Å². The lowest BCUT2D eigenvalue weighted by Gasteiger charge is -2.23. The number of nitrogens with two attached hydrogens (primary N) is 1. The molecule has 0 bridgehead atoms. The van der Waals surface area contributed by atoms with Gasteiger partial charge in [0.25, 0.3) is 5.91 Å². The normalized spacial score (nSPS) is 19.8. The number of rotatable bonds is 3. The molecule has 0 spiro atoms. The Morgan fingerprint density at radius 1 is 1.27 bits per heavy atom. The highest BCUT2D eigenvalue weighted by Crippen LogP contribution is 2.31. The van der Waals surface area contributed by atoms with E-state index in [-0.39, 0.29) is 11.3 Å². The highest BCUT2D eigenvalue weighted by atomic mass is 16.2. The van der Waals surface area contributed by atoms with Crippen LogP contribution in [-0.4, -0.2) is 40.4 Å². The molecule has 26 heavy (non-hydrogen) atoms. The van der Waals surface area contributed by atoms with Gasteiger partial charge in [0.05, 0.1) is 16.8 Å². The molecule has 0 radical (unpaired) electrons. The van der Waals surface area contributed by atoms with Crippen LogP contribution in [0.3, 0.4) is 0 Å². The van der Waals surface area contributed by atoms with Gasteiger partial charge in [-0.3, -0.25) is 9.78 Å². The lowest BCUT2D eigenvalue weighted by atomic mass is 9.90. The molecule has 1 atom stereocenters. The van der Waals surface area contributed by atoms with Crippen LogP contribution in [0.25, 0.3) is 22.2 Å². The number of para-hydroxylation sites is 1. The number of benzene rings is 1. The van der Waals surface area contributed by atoms with Gasteiger partial charge in [-0.1, -0.05) is 25.1 Å². The van der Waals surface area contributed by atoms with Crippen molar-refractivity contribution in [2.24, 2.45) is 11.1 Å². The second-order valence-electron chi connectivity index (χ2n) is 7.31. The van der Waals surface area contributed by atoms with Crippen LogP contribution in [0, 0.1) is 5.41 Å². The Labute approximate surface area is 152 Å². The number of aromatic nitrogens is 2. The Morgan fingerprint density at radius 2 is 2.12 bits per heavy atom. The van der Waals surface area contributed by atoms with Gasteiger partial charge in [0.15, 0.2) is 0 Å². The zero-order valence-electron chi connectivity index (χ0n) is 14.9. The van der Waals surface area contributed by atoms with E-state index in [1.807, 2.05) is 47.4 Å². The molecule has 5 nitrogen and oxygen atoms in total. The number of pyridine rings is 2. The number of hydrogen-bond donors (Lipinski definition) is 1. The fourth-order valence-electron chi connectivity index (χ4n) is 3.55. The largest absolute Gasteiger partial charge is 0.338 e. The molecular weight excluding hydrogens is 324 g/mol. The first-order chi connectivity index (χ1) is 12.6. The van der Waals surface area contributed by atoms with E-state index in [1.54, 1.807) is 12.4 Å². The molecular formula is C21H22N4O. The number of fused-ring (bicyclic) bond motifs is 1. The minimum atomic E-state index is 0.00464. The molecule has 0 saturated carbocycles. The second kappa shape index (κ2) is 6.50. The first-order valence-electron chi connectivity index (χ1n) is 8.89. The van der Waals surface area contributed by atoms with E-state index < -0.39 is 0 Å². The average molecular weight is 346 g/mol. The maximum atomic E-state index is 13.3. The van der Waals surface area contributed by atoms with Crippen LogP contribution < -0.4 is 5.73 Å². The summed E-state index contributed by atoms with van der Waals surface area (Å²) in [6, 6.07) is 13.5. The highest BCUT2D eigenvalue weighted by molar-refractivity contribution is 6.07. The summed E-state index contributed by atoms with van der Waals surface area (Å²) in [5, 5.41) is 0.881. The zero-order valence-corrected chi connectivity index (χ0v) is 14.9. The molecule has 3 heterocycles. The Balaban J connectivity index is 1.80.